The summed E-state index contributed by atoms with van der Waals surface area (Å²) in [5, 5.41) is 0. The van der Waals surface area contributed by atoms with E-state index in [9.17, 15) is 21.6 Å². The third kappa shape index (κ3) is 5.55. The van der Waals surface area contributed by atoms with E-state index in [1.165, 1.54) is 33.8 Å². The van der Waals surface area contributed by atoms with Crippen molar-refractivity contribution in [2.24, 2.45) is 4.99 Å². The number of fused-ring (bicyclic) bond motifs is 1. The molecule has 0 aliphatic carbocycles. The monoisotopic (exact) mass is 577 g/mol. The number of hydrogen-bond donors (Lipinski definition) is 0. The molecule has 35 heavy (non-hydrogen) atoms. The van der Waals surface area contributed by atoms with Crippen LogP contribution in [-0.2, 0) is 35.9 Å². The molecule has 4 rings (SSSR count). The van der Waals surface area contributed by atoms with Crippen LogP contribution in [0.2, 0.25) is 4.34 Å². The Labute approximate surface area is 216 Å². The number of aromatic nitrogens is 1. The number of ether oxygens (including phenoxy) is 1. The summed E-state index contributed by atoms with van der Waals surface area (Å²) >= 11 is 8.06. The Kier molecular flexibility index (Phi) is 7.86. The number of sulfonamides is 1. The standard InChI is InChI=1S/C21H24ClN3O6S4/c1-3-31-12-11-24-15-7-6-14(34(2,27)28)13-17(15)32-21(24)23-20(26)16-5-4-10-25(16)35(29,30)19-9-8-18(22)33-19/h6-9,13,16H,3-5,10-12H2,1-2H3. The normalized spacial score (nSPS) is 18.0. The zero-order valence-electron chi connectivity index (χ0n) is 19.0. The predicted octanol–water partition coefficient (Wildman–Crippen LogP) is 3.14. The maximum atomic E-state index is 13.3. The van der Waals surface area contributed by atoms with Crippen LogP contribution in [0.3, 0.4) is 0 Å². The van der Waals surface area contributed by atoms with Crippen molar-refractivity contribution in [3.05, 3.63) is 39.5 Å². The number of thiophene rings is 1. The molecule has 1 amide bonds. The summed E-state index contributed by atoms with van der Waals surface area (Å²) in [5.74, 6) is -0.561. The minimum absolute atomic E-state index is 0.0872. The lowest BCUT2D eigenvalue weighted by Gasteiger charge is -2.20. The maximum Gasteiger partial charge on any atom is 0.266 e. The first kappa shape index (κ1) is 26.5. The van der Waals surface area contributed by atoms with Crippen LogP contribution in [0.5, 0.6) is 0 Å². The van der Waals surface area contributed by atoms with Gasteiger partial charge in [0.1, 0.15) is 10.3 Å². The molecule has 0 radical (unpaired) electrons. The van der Waals surface area contributed by atoms with Crippen LogP contribution >= 0.6 is 34.3 Å². The van der Waals surface area contributed by atoms with Crippen molar-refractivity contribution in [1.82, 2.24) is 8.87 Å². The summed E-state index contributed by atoms with van der Waals surface area (Å²) in [6, 6.07) is 6.79. The first-order valence-electron chi connectivity index (χ1n) is 10.8. The van der Waals surface area contributed by atoms with Gasteiger partial charge in [-0.25, -0.2) is 16.8 Å². The number of nitrogens with zero attached hydrogens (tertiary/aromatic N) is 3. The van der Waals surface area contributed by atoms with Crippen molar-refractivity contribution in [2.45, 2.75) is 41.5 Å². The molecule has 2 aromatic heterocycles. The lowest BCUT2D eigenvalue weighted by Crippen LogP contribution is -2.40. The van der Waals surface area contributed by atoms with Gasteiger partial charge in [-0.15, -0.1) is 11.3 Å². The zero-order valence-corrected chi connectivity index (χ0v) is 23.0. The van der Waals surface area contributed by atoms with Crippen LogP contribution in [0.1, 0.15) is 19.8 Å². The maximum absolute atomic E-state index is 13.3. The summed E-state index contributed by atoms with van der Waals surface area (Å²) in [5.41, 5.74) is 0.720. The van der Waals surface area contributed by atoms with Crippen LogP contribution < -0.4 is 4.80 Å². The Hall–Kier alpha value is -1.61. The van der Waals surface area contributed by atoms with Crippen LogP contribution in [0, 0.1) is 0 Å². The summed E-state index contributed by atoms with van der Waals surface area (Å²) in [7, 11) is -7.29. The van der Waals surface area contributed by atoms with Crippen molar-refractivity contribution in [1.29, 1.82) is 0 Å². The van der Waals surface area contributed by atoms with Gasteiger partial charge < -0.3 is 9.30 Å². The molecule has 0 spiro atoms. The molecule has 0 N–H and O–H groups in total. The Morgan fingerprint density at radius 1 is 1.20 bits per heavy atom. The molecule has 1 saturated heterocycles. The van der Waals surface area contributed by atoms with Gasteiger partial charge in [-0.3, -0.25) is 4.79 Å². The second-order valence-corrected chi connectivity index (χ2v) is 14.8. The van der Waals surface area contributed by atoms with E-state index in [4.69, 9.17) is 16.3 Å². The van der Waals surface area contributed by atoms with Crippen molar-refractivity contribution in [3.63, 3.8) is 0 Å². The topological polar surface area (TPSA) is 115 Å². The Morgan fingerprint density at radius 3 is 2.63 bits per heavy atom. The molecule has 3 aromatic rings. The highest BCUT2D eigenvalue weighted by Crippen LogP contribution is 2.32. The number of carbonyl (C=O) groups excluding carboxylic acids is 1. The number of halogens is 1. The van der Waals surface area contributed by atoms with Crippen LogP contribution in [0.4, 0.5) is 0 Å². The first-order chi connectivity index (χ1) is 16.5. The summed E-state index contributed by atoms with van der Waals surface area (Å²) < 4.78 is 59.8. The number of sulfone groups is 1. The highest BCUT2D eigenvalue weighted by Gasteiger charge is 2.40. The first-order valence-corrected chi connectivity index (χ1v) is 16.1. The molecular formula is C21H24ClN3O6S4. The van der Waals surface area contributed by atoms with Crippen molar-refractivity contribution in [2.75, 3.05) is 26.0 Å². The van der Waals surface area contributed by atoms with Crippen LogP contribution in [0.25, 0.3) is 10.2 Å². The van der Waals surface area contributed by atoms with E-state index in [2.05, 4.69) is 4.99 Å². The van der Waals surface area contributed by atoms with E-state index in [-0.39, 0.29) is 15.6 Å². The fourth-order valence-corrected chi connectivity index (χ4v) is 8.97. The summed E-state index contributed by atoms with van der Waals surface area (Å²) in [4.78, 5) is 18.1. The molecule has 14 heteroatoms. The molecular weight excluding hydrogens is 554 g/mol. The van der Waals surface area contributed by atoms with E-state index >= 15 is 0 Å². The van der Waals surface area contributed by atoms with Gasteiger partial charge >= 0.3 is 0 Å². The second-order valence-electron chi connectivity index (χ2n) is 7.92. The average molecular weight is 578 g/mol. The number of hydrogen-bond acceptors (Lipinski definition) is 8. The number of thiazole rings is 1. The summed E-state index contributed by atoms with van der Waals surface area (Å²) in [6.45, 7) is 3.39. The highest BCUT2D eigenvalue weighted by molar-refractivity contribution is 7.91. The molecule has 0 bridgehead atoms. The fourth-order valence-electron chi connectivity index (χ4n) is 3.88. The van der Waals surface area contributed by atoms with E-state index < -0.39 is 31.8 Å². The van der Waals surface area contributed by atoms with E-state index in [1.54, 1.807) is 16.7 Å². The zero-order chi connectivity index (χ0) is 25.4. The van der Waals surface area contributed by atoms with Crippen LogP contribution in [0.15, 0.2) is 44.4 Å². The second kappa shape index (κ2) is 10.4. The Bertz CT molecular complexity index is 1540. The largest absolute Gasteiger partial charge is 0.380 e. The molecule has 1 aliphatic rings. The third-order valence-corrected chi connectivity index (χ3v) is 11.3. The fraction of sp³-hybridized carbons (Fsp3) is 0.429. The van der Waals surface area contributed by atoms with E-state index in [1.807, 2.05) is 6.92 Å². The van der Waals surface area contributed by atoms with Crippen LogP contribution in [-0.4, -0.2) is 63.7 Å². The van der Waals surface area contributed by atoms with Crippen molar-refractivity contribution in [3.8, 4) is 0 Å². The van der Waals surface area contributed by atoms with E-state index in [0.717, 1.165) is 23.1 Å². The van der Waals surface area contributed by atoms with Crippen molar-refractivity contribution < 1.29 is 26.4 Å². The summed E-state index contributed by atoms with van der Waals surface area (Å²) in [6.07, 6.45) is 2.04. The van der Waals surface area contributed by atoms with Gasteiger partial charge in [-0.05, 0) is 50.1 Å². The lowest BCUT2D eigenvalue weighted by atomic mass is 10.2. The average Bonchev–Trinajstić information content (AvgIpc) is 3.52. The number of benzene rings is 1. The van der Waals surface area contributed by atoms with E-state index in [0.29, 0.717) is 46.4 Å². The van der Waals surface area contributed by atoms with Gasteiger partial charge in [-0.1, -0.05) is 22.9 Å². The Balaban J connectivity index is 1.74. The minimum Gasteiger partial charge on any atom is -0.380 e. The number of amides is 1. The number of carbonyl (C=O) groups is 1. The van der Waals surface area contributed by atoms with Gasteiger partial charge in [0.15, 0.2) is 14.6 Å². The highest BCUT2D eigenvalue weighted by atomic mass is 35.5. The third-order valence-electron chi connectivity index (χ3n) is 5.55. The quantitative estimate of drug-likeness (QED) is 0.380. The SMILES string of the molecule is CCOCCn1c(=NC(=O)C2CCCN2S(=O)(=O)c2ccc(Cl)s2)sc2cc(S(C)(=O)=O)ccc21. The molecule has 1 unspecified atom stereocenters. The van der Waals surface area contributed by atoms with Gasteiger partial charge in [0.2, 0.25) is 0 Å². The minimum atomic E-state index is -3.88. The predicted molar refractivity (Wildman–Crippen MR) is 136 cm³/mol. The van der Waals surface area contributed by atoms with Gasteiger partial charge in [-0.2, -0.15) is 9.30 Å². The lowest BCUT2D eigenvalue weighted by molar-refractivity contribution is -0.121. The molecule has 0 saturated carbocycles. The van der Waals surface area contributed by atoms with Gasteiger partial charge in [0, 0.05) is 26.0 Å². The smallest absolute Gasteiger partial charge is 0.266 e. The Morgan fingerprint density at radius 2 is 1.97 bits per heavy atom. The molecule has 190 valence electrons. The molecule has 3 heterocycles. The molecule has 1 fully saturated rings. The molecule has 1 aromatic carbocycles. The van der Waals surface area contributed by atoms with Gasteiger partial charge in [0.25, 0.3) is 15.9 Å². The molecule has 1 aliphatic heterocycles. The molecule has 1 atom stereocenters. The van der Waals surface area contributed by atoms with Gasteiger partial charge in [0.05, 0.1) is 26.1 Å². The van der Waals surface area contributed by atoms with Crippen molar-refractivity contribution >= 4 is 70.3 Å². The number of rotatable bonds is 8. The molecule has 9 nitrogen and oxygen atoms in total.